The monoisotopic (exact) mass is 382 g/mol. The number of aliphatic hydroxyl groups excluding tert-OH is 1. The van der Waals surface area contributed by atoms with E-state index >= 15 is 0 Å². The van der Waals surface area contributed by atoms with Gasteiger partial charge in [0.1, 0.15) is 12.4 Å². The smallest absolute Gasteiger partial charge is 0.111 e. The number of hydrogen-bond acceptors (Lipinski definition) is 4. The van der Waals surface area contributed by atoms with Gasteiger partial charge in [0.2, 0.25) is 0 Å². The summed E-state index contributed by atoms with van der Waals surface area (Å²) in [7, 11) is 0. The fourth-order valence-corrected chi connectivity index (χ4v) is 3.34. The minimum atomic E-state index is 0.0675. The number of nitrogens with one attached hydrogen (secondary N) is 1. The molecule has 152 valence electrons. The predicted octanol–water partition coefficient (Wildman–Crippen LogP) is 4.47. The molecule has 2 aromatic rings. The van der Waals surface area contributed by atoms with Gasteiger partial charge in [0, 0.05) is 19.6 Å². The van der Waals surface area contributed by atoms with Gasteiger partial charge in [-0.1, -0.05) is 73.7 Å². The van der Waals surface area contributed by atoms with Crippen LogP contribution in [0.25, 0.3) is 0 Å². The first-order valence-corrected chi connectivity index (χ1v) is 10.1. The van der Waals surface area contributed by atoms with Crippen LogP contribution in [0.4, 0.5) is 0 Å². The Labute approximate surface area is 169 Å². The van der Waals surface area contributed by atoms with Gasteiger partial charge in [-0.25, -0.2) is 0 Å². The highest BCUT2D eigenvalue weighted by Crippen LogP contribution is 2.28. The van der Waals surface area contributed by atoms with Crippen molar-refractivity contribution in [2.24, 2.45) is 0 Å². The quantitative estimate of drug-likeness (QED) is 0.396. The summed E-state index contributed by atoms with van der Waals surface area (Å²) in [6, 6.07) is 19.9. The number of hydrogen-bond donors (Lipinski definition) is 2. The van der Waals surface area contributed by atoms with Crippen LogP contribution < -0.4 is 5.32 Å². The van der Waals surface area contributed by atoms with Gasteiger partial charge in [-0.15, -0.1) is 0 Å². The predicted molar refractivity (Wildman–Crippen MR) is 117 cm³/mol. The molecule has 0 bridgehead atoms. The third-order valence-corrected chi connectivity index (χ3v) is 4.65. The fraction of sp³-hybridized carbons (Fsp3) is 0.417. The molecule has 1 atom stereocenters. The number of nitrogens with zero attached hydrogens (tertiary/aromatic N) is 1. The van der Waals surface area contributed by atoms with Gasteiger partial charge in [-0.05, 0) is 31.0 Å². The van der Waals surface area contributed by atoms with E-state index in [2.05, 4.69) is 85.2 Å². The lowest BCUT2D eigenvalue weighted by Gasteiger charge is -2.32. The molecule has 2 aromatic carbocycles. The first-order chi connectivity index (χ1) is 13.6. The van der Waals surface area contributed by atoms with Crippen LogP contribution in [0.2, 0.25) is 0 Å². The Hall–Kier alpha value is -2.14. The Morgan fingerprint density at radius 3 is 2.36 bits per heavy atom. The maximum atomic E-state index is 9.04. The van der Waals surface area contributed by atoms with Crippen LogP contribution in [0.15, 0.2) is 66.9 Å². The Morgan fingerprint density at radius 2 is 1.71 bits per heavy atom. The third kappa shape index (κ3) is 7.47. The average Bonchev–Trinajstić information content (AvgIpc) is 2.69. The first kappa shape index (κ1) is 22.2. The van der Waals surface area contributed by atoms with Crippen LogP contribution in [0.1, 0.15) is 36.1 Å². The SMILES string of the molecule is C=C(O)COCCNCCN(CCC)C(c1ccccc1)c1ccc(C)cc1. The van der Waals surface area contributed by atoms with E-state index in [0.717, 1.165) is 32.6 Å². The highest BCUT2D eigenvalue weighted by molar-refractivity contribution is 5.33. The molecular weight excluding hydrogens is 348 g/mol. The number of aryl methyl sites for hydroxylation is 1. The summed E-state index contributed by atoms with van der Waals surface area (Å²) in [5, 5.41) is 12.5. The molecule has 0 amide bonds. The van der Waals surface area contributed by atoms with E-state index in [1.54, 1.807) is 0 Å². The lowest BCUT2D eigenvalue weighted by molar-refractivity contribution is 0.129. The number of ether oxygens (including phenoxy) is 1. The van der Waals surface area contributed by atoms with Crippen molar-refractivity contribution in [3.05, 3.63) is 83.6 Å². The maximum Gasteiger partial charge on any atom is 0.111 e. The van der Waals surface area contributed by atoms with Crippen molar-refractivity contribution in [3.63, 3.8) is 0 Å². The van der Waals surface area contributed by atoms with E-state index in [4.69, 9.17) is 9.84 Å². The molecule has 0 aliphatic carbocycles. The minimum absolute atomic E-state index is 0.0675. The summed E-state index contributed by atoms with van der Waals surface area (Å²) in [4.78, 5) is 2.55. The molecule has 0 aliphatic rings. The molecule has 0 saturated carbocycles. The lowest BCUT2D eigenvalue weighted by atomic mass is 9.96. The van der Waals surface area contributed by atoms with Gasteiger partial charge in [0.25, 0.3) is 0 Å². The van der Waals surface area contributed by atoms with Gasteiger partial charge in [-0.2, -0.15) is 0 Å². The maximum absolute atomic E-state index is 9.04. The second-order valence-corrected chi connectivity index (χ2v) is 7.13. The van der Waals surface area contributed by atoms with Crippen molar-refractivity contribution in [2.75, 3.05) is 39.4 Å². The van der Waals surface area contributed by atoms with E-state index in [-0.39, 0.29) is 18.4 Å². The van der Waals surface area contributed by atoms with Crippen LogP contribution in [-0.2, 0) is 4.74 Å². The topological polar surface area (TPSA) is 44.7 Å². The molecule has 2 N–H and O–H groups in total. The van der Waals surface area contributed by atoms with Crippen molar-refractivity contribution in [2.45, 2.75) is 26.3 Å². The van der Waals surface area contributed by atoms with Crippen molar-refractivity contribution >= 4 is 0 Å². The third-order valence-electron chi connectivity index (χ3n) is 4.65. The van der Waals surface area contributed by atoms with Gasteiger partial charge in [0.15, 0.2) is 0 Å². The van der Waals surface area contributed by atoms with Crippen molar-refractivity contribution < 1.29 is 9.84 Å². The molecular formula is C24H34N2O2. The van der Waals surface area contributed by atoms with Crippen LogP contribution in [0.5, 0.6) is 0 Å². The molecule has 0 fully saturated rings. The summed E-state index contributed by atoms with van der Waals surface area (Å²) in [5.41, 5.74) is 3.93. The van der Waals surface area contributed by atoms with Crippen molar-refractivity contribution in [1.29, 1.82) is 0 Å². The minimum Gasteiger partial charge on any atom is -0.510 e. The largest absolute Gasteiger partial charge is 0.510 e. The summed E-state index contributed by atoms with van der Waals surface area (Å²) >= 11 is 0. The Kier molecular flexibility index (Phi) is 9.77. The van der Waals surface area contributed by atoms with Crippen LogP contribution >= 0.6 is 0 Å². The highest BCUT2D eigenvalue weighted by Gasteiger charge is 2.21. The molecule has 0 spiro atoms. The first-order valence-electron chi connectivity index (χ1n) is 10.1. The van der Waals surface area contributed by atoms with Gasteiger partial charge in [-0.3, -0.25) is 4.90 Å². The zero-order valence-electron chi connectivity index (χ0n) is 17.2. The van der Waals surface area contributed by atoms with Crippen LogP contribution in [0, 0.1) is 6.92 Å². The molecule has 0 saturated heterocycles. The Balaban J connectivity index is 2.02. The summed E-state index contributed by atoms with van der Waals surface area (Å²) in [6.07, 6.45) is 1.11. The standard InChI is InChI=1S/C24H34N2O2/c1-4-16-26(17-14-25-15-18-28-19-21(3)27)24(22-8-6-5-7-9-22)23-12-10-20(2)11-13-23/h5-13,24-25,27H,3-4,14-19H2,1-2H3. The summed E-state index contributed by atoms with van der Waals surface area (Å²) in [5.74, 6) is 0.0675. The van der Waals surface area contributed by atoms with E-state index in [0.29, 0.717) is 6.61 Å². The molecule has 4 nitrogen and oxygen atoms in total. The Morgan fingerprint density at radius 1 is 1.04 bits per heavy atom. The van der Waals surface area contributed by atoms with Crippen molar-refractivity contribution in [3.8, 4) is 0 Å². The second kappa shape index (κ2) is 12.3. The van der Waals surface area contributed by atoms with Crippen molar-refractivity contribution in [1.82, 2.24) is 10.2 Å². The van der Waals surface area contributed by atoms with E-state index in [1.165, 1.54) is 16.7 Å². The zero-order valence-corrected chi connectivity index (χ0v) is 17.2. The molecule has 0 aliphatic heterocycles. The molecule has 0 radical (unpaired) electrons. The zero-order chi connectivity index (χ0) is 20.2. The van der Waals surface area contributed by atoms with Gasteiger partial charge < -0.3 is 15.2 Å². The molecule has 0 heterocycles. The molecule has 28 heavy (non-hydrogen) atoms. The van der Waals surface area contributed by atoms with Crippen LogP contribution in [-0.4, -0.2) is 49.4 Å². The normalized spacial score (nSPS) is 12.2. The van der Waals surface area contributed by atoms with E-state index in [1.807, 2.05) is 0 Å². The average molecular weight is 383 g/mol. The Bertz CT molecular complexity index is 686. The number of aliphatic hydroxyl groups is 1. The fourth-order valence-electron chi connectivity index (χ4n) is 3.34. The summed E-state index contributed by atoms with van der Waals surface area (Å²) in [6.45, 7) is 12.2. The molecule has 0 aromatic heterocycles. The highest BCUT2D eigenvalue weighted by atomic mass is 16.5. The van der Waals surface area contributed by atoms with Crippen LogP contribution in [0.3, 0.4) is 0 Å². The number of rotatable bonds is 13. The van der Waals surface area contributed by atoms with E-state index < -0.39 is 0 Å². The number of benzene rings is 2. The second-order valence-electron chi connectivity index (χ2n) is 7.13. The lowest BCUT2D eigenvalue weighted by Crippen LogP contribution is -2.37. The molecule has 4 heteroatoms. The van der Waals surface area contributed by atoms with Gasteiger partial charge >= 0.3 is 0 Å². The molecule has 2 rings (SSSR count). The van der Waals surface area contributed by atoms with E-state index in [9.17, 15) is 0 Å². The summed E-state index contributed by atoms with van der Waals surface area (Å²) < 4.78 is 5.32. The van der Waals surface area contributed by atoms with Gasteiger partial charge in [0.05, 0.1) is 12.6 Å². The molecule has 1 unspecified atom stereocenters.